The number of alkyl halides is 2. The van der Waals surface area contributed by atoms with E-state index in [1.807, 2.05) is 0 Å². The van der Waals surface area contributed by atoms with E-state index < -0.39 is 12.2 Å². The Kier molecular flexibility index (Phi) is 3.58. The van der Waals surface area contributed by atoms with Gasteiger partial charge < -0.3 is 19.0 Å². The van der Waals surface area contributed by atoms with Crippen molar-refractivity contribution in [3.05, 3.63) is 47.9 Å². The van der Waals surface area contributed by atoms with Crippen molar-refractivity contribution >= 4 is 22.9 Å². The molecule has 1 aliphatic heterocycles. The lowest BCUT2D eigenvalue weighted by molar-refractivity contribution is -0.286. The molecule has 0 atom stereocenters. The minimum atomic E-state index is -3.71. The fourth-order valence-electron chi connectivity index (χ4n) is 3.34. The molecule has 9 nitrogen and oxygen atoms in total. The molecule has 4 aromatic rings. The van der Waals surface area contributed by atoms with Crippen molar-refractivity contribution in [1.29, 1.82) is 0 Å². The number of nitrogens with one attached hydrogen (secondary N) is 2. The number of aromatic amines is 1. The highest BCUT2D eigenvalue weighted by Gasteiger charge is 2.43. The Morgan fingerprint density at radius 2 is 1.94 bits per heavy atom. The molecule has 1 aliphatic carbocycles. The number of fused-ring (bicyclic) bond motifs is 2. The first-order chi connectivity index (χ1) is 14.9. The van der Waals surface area contributed by atoms with Crippen LogP contribution >= 0.6 is 0 Å². The first-order valence-corrected chi connectivity index (χ1v) is 9.48. The Labute approximate surface area is 172 Å². The normalized spacial score (nSPS) is 16.6. The van der Waals surface area contributed by atoms with Gasteiger partial charge in [-0.25, -0.2) is 4.98 Å². The van der Waals surface area contributed by atoms with Crippen LogP contribution in [0, 0.1) is 0 Å². The zero-order valence-corrected chi connectivity index (χ0v) is 15.7. The summed E-state index contributed by atoms with van der Waals surface area (Å²) < 4.78 is 40.5. The molecule has 0 radical (unpaired) electrons. The van der Waals surface area contributed by atoms with E-state index in [1.165, 1.54) is 12.1 Å². The molecule has 11 heteroatoms. The molecule has 1 fully saturated rings. The second-order valence-corrected chi connectivity index (χ2v) is 7.33. The standard InChI is InChI=1S/C20H13F2N5O4/c21-20(22)29-14-7-12-13(8-15(14)30-20)24-19(23-12)26-17(28)11-3-1-2-10(6-11)16-25-18(31-27-16)9-4-5-9/h1-3,6-9H,4-5H2,(H2,23,24,26,28). The van der Waals surface area contributed by atoms with Crippen molar-refractivity contribution in [3.63, 3.8) is 0 Å². The third-order valence-corrected chi connectivity index (χ3v) is 4.99. The van der Waals surface area contributed by atoms with Crippen molar-refractivity contribution in [2.24, 2.45) is 0 Å². The second-order valence-electron chi connectivity index (χ2n) is 7.33. The van der Waals surface area contributed by atoms with Crippen LogP contribution in [-0.2, 0) is 0 Å². The lowest BCUT2D eigenvalue weighted by atomic mass is 10.1. The van der Waals surface area contributed by atoms with Crippen molar-refractivity contribution in [2.45, 2.75) is 25.1 Å². The summed E-state index contributed by atoms with van der Waals surface area (Å²) in [7, 11) is 0. The fraction of sp³-hybridized carbons (Fsp3) is 0.200. The number of imidazole rings is 1. The number of hydrogen-bond donors (Lipinski definition) is 2. The molecule has 31 heavy (non-hydrogen) atoms. The highest BCUT2D eigenvalue weighted by molar-refractivity contribution is 6.04. The average Bonchev–Trinajstić information content (AvgIpc) is 3.20. The van der Waals surface area contributed by atoms with Crippen LogP contribution in [0.15, 0.2) is 40.9 Å². The molecule has 0 spiro atoms. The van der Waals surface area contributed by atoms with Gasteiger partial charge in [0.15, 0.2) is 11.5 Å². The number of hydrogen-bond acceptors (Lipinski definition) is 7. The van der Waals surface area contributed by atoms with E-state index in [9.17, 15) is 13.6 Å². The summed E-state index contributed by atoms with van der Waals surface area (Å²) in [5.74, 6) is 0.869. The Morgan fingerprint density at radius 3 is 2.74 bits per heavy atom. The lowest BCUT2D eigenvalue weighted by Gasteiger charge is -2.04. The largest absolute Gasteiger partial charge is 0.586 e. The van der Waals surface area contributed by atoms with Gasteiger partial charge >= 0.3 is 6.29 Å². The smallest absolute Gasteiger partial charge is 0.395 e. The summed E-state index contributed by atoms with van der Waals surface area (Å²) in [6.07, 6.45) is -1.61. The molecule has 2 aliphatic rings. The van der Waals surface area contributed by atoms with E-state index in [4.69, 9.17) is 4.52 Å². The number of nitrogens with zero attached hydrogens (tertiary/aromatic N) is 3. The minimum Gasteiger partial charge on any atom is -0.395 e. The van der Waals surface area contributed by atoms with Crippen molar-refractivity contribution in [2.75, 3.05) is 5.32 Å². The predicted molar refractivity (Wildman–Crippen MR) is 102 cm³/mol. The third kappa shape index (κ3) is 3.23. The van der Waals surface area contributed by atoms with E-state index in [2.05, 4.69) is 34.9 Å². The predicted octanol–water partition coefficient (Wildman–Crippen LogP) is 4.06. The number of H-pyrrole nitrogens is 1. The number of halogens is 2. The average molecular weight is 425 g/mol. The summed E-state index contributed by atoms with van der Waals surface area (Å²) >= 11 is 0. The molecule has 2 aromatic heterocycles. The highest BCUT2D eigenvalue weighted by atomic mass is 19.3. The molecule has 1 amide bonds. The minimum absolute atomic E-state index is 0.114. The maximum atomic E-state index is 13.2. The molecule has 0 saturated heterocycles. The molecule has 0 unspecified atom stereocenters. The number of rotatable bonds is 4. The summed E-state index contributed by atoms with van der Waals surface area (Å²) in [5, 5.41) is 6.64. The molecule has 2 N–H and O–H groups in total. The van der Waals surface area contributed by atoms with Gasteiger partial charge in [-0.3, -0.25) is 10.1 Å². The topological polar surface area (TPSA) is 115 Å². The summed E-state index contributed by atoms with van der Waals surface area (Å²) in [6.45, 7) is 0. The van der Waals surface area contributed by atoms with Crippen LogP contribution in [0.4, 0.5) is 14.7 Å². The number of carbonyl (C=O) groups excluding carboxylic acids is 1. The second kappa shape index (κ2) is 6.24. The molecule has 2 aromatic carbocycles. The van der Waals surface area contributed by atoms with E-state index in [-0.39, 0.29) is 17.4 Å². The van der Waals surface area contributed by atoms with Crippen LogP contribution in [0.5, 0.6) is 11.5 Å². The van der Waals surface area contributed by atoms with Gasteiger partial charge in [-0.1, -0.05) is 17.3 Å². The Morgan fingerprint density at radius 1 is 1.13 bits per heavy atom. The zero-order valence-electron chi connectivity index (χ0n) is 15.7. The van der Waals surface area contributed by atoms with E-state index in [1.54, 1.807) is 24.3 Å². The molecule has 1 saturated carbocycles. The van der Waals surface area contributed by atoms with Gasteiger partial charge in [0.25, 0.3) is 5.91 Å². The molecular weight excluding hydrogens is 412 g/mol. The van der Waals surface area contributed by atoms with Gasteiger partial charge in [-0.05, 0) is 25.0 Å². The first kappa shape index (κ1) is 17.8. The number of benzene rings is 2. The maximum Gasteiger partial charge on any atom is 0.586 e. The number of anilines is 1. The van der Waals surface area contributed by atoms with E-state index >= 15 is 0 Å². The van der Waals surface area contributed by atoms with Crippen molar-refractivity contribution in [1.82, 2.24) is 20.1 Å². The van der Waals surface area contributed by atoms with Gasteiger partial charge in [0.2, 0.25) is 17.7 Å². The zero-order chi connectivity index (χ0) is 21.2. The van der Waals surface area contributed by atoms with Crippen LogP contribution in [0.2, 0.25) is 0 Å². The third-order valence-electron chi connectivity index (χ3n) is 4.99. The fourth-order valence-corrected chi connectivity index (χ4v) is 3.34. The monoisotopic (exact) mass is 425 g/mol. The number of amides is 1. The number of carbonyl (C=O) groups is 1. The maximum absolute atomic E-state index is 13.2. The Bertz CT molecular complexity index is 1300. The SMILES string of the molecule is O=C(Nc1nc2cc3c(cc2[nH]1)OC(F)(F)O3)c1cccc(-c2noc(C3CC3)n2)c1. The highest BCUT2D eigenvalue weighted by Crippen LogP contribution is 2.43. The summed E-state index contributed by atoms with van der Waals surface area (Å²) in [5.41, 5.74) is 1.76. The summed E-state index contributed by atoms with van der Waals surface area (Å²) in [6, 6.07) is 9.44. The molecular formula is C20H13F2N5O4. The summed E-state index contributed by atoms with van der Waals surface area (Å²) in [4.78, 5) is 24.2. The van der Waals surface area contributed by atoms with Gasteiger partial charge in [0, 0.05) is 29.2 Å². The molecule has 0 bridgehead atoms. The number of aromatic nitrogens is 4. The quantitative estimate of drug-likeness (QED) is 0.507. The lowest BCUT2D eigenvalue weighted by Crippen LogP contribution is -2.25. The van der Waals surface area contributed by atoms with Crippen LogP contribution < -0.4 is 14.8 Å². The van der Waals surface area contributed by atoms with Crippen LogP contribution in [0.25, 0.3) is 22.4 Å². The molecule has 6 rings (SSSR count). The molecule has 3 heterocycles. The van der Waals surface area contributed by atoms with E-state index in [0.29, 0.717) is 39.8 Å². The van der Waals surface area contributed by atoms with E-state index in [0.717, 1.165) is 12.8 Å². The Balaban J connectivity index is 1.23. The number of ether oxygens (including phenoxy) is 2. The van der Waals surface area contributed by atoms with Crippen molar-refractivity contribution < 1.29 is 27.6 Å². The van der Waals surface area contributed by atoms with Crippen LogP contribution in [0.1, 0.15) is 35.0 Å². The van der Waals surface area contributed by atoms with Gasteiger partial charge in [0.05, 0.1) is 11.0 Å². The molecule has 156 valence electrons. The van der Waals surface area contributed by atoms with Crippen LogP contribution in [0.3, 0.4) is 0 Å². The van der Waals surface area contributed by atoms with Crippen LogP contribution in [-0.4, -0.2) is 32.3 Å². The van der Waals surface area contributed by atoms with Gasteiger partial charge in [-0.2, -0.15) is 4.98 Å². The Hall–Kier alpha value is -4.02. The first-order valence-electron chi connectivity index (χ1n) is 9.48. The van der Waals surface area contributed by atoms with Crippen molar-refractivity contribution in [3.8, 4) is 22.9 Å². The van der Waals surface area contributed by atoms with Gasteiger partial charge in [-0.15, -0.1) is 8.78 Å². The van der Waals surface area contributed by atoms with Gasteiger partial charge in [0.1, 0.15) is 0 Å².